The predicted octanol–water partition coefficient (Wildman–Crippen LogP) is 6.92. The van der Waals surface area contributed by atoms with Crippen molar-refractivity contribution in [1.29, 1.82) is 0 Å². The van der Waals surface area contributed by atoms with Crippen LogP contribution in [-0.4, -0.2) is 23.4 Å². The van der Waals surface area contributed by atoms with Crippen LogP contribution in [0.25, 0.3) is 0 Å². The molecule has 5 heteroatoms. The predicted molar refractivity (Wildman–Crippen MR) is 139 cm³/mol. The van der Waals surface area contributed by atoms with Crippen LogP contribution >= 0.6 is 11.8 Å². The molecule has 4 rings (SSSR count). The summed E-state index contributed by atoms with van der Waals surface area (Å²) in [6, 6.07) is 37.3. The third-order valence-corrected chi connectivity index (χ3v) is 6.48. The molecule has 0 spiro atoms. The lowest BCUT2D eigenvalue weighted by molar-refractivity contribution is 0.0345. The van der Waals surface area contributed by atoms with Crippen LogP contribution in [-0.2, 0) is 9.47 Å². The Morgan fingerprint density at radius 2 is 0.829 bits per heavy atom. The summed E-state index contributed by atoms with van der Waals surface area (Å²) in [5, 5.41) is 0. The van der Waals surface area contributed by atoms with E-state index in [1.165, 1.54) is 0 Å². The maximum Gasteiger partial charge on any atom is 0.338 e. The number of carbonyl (C=O) groups is 2. The van der Waals surface area contributed by atoms with Crippen molar-refractivity contribution in [3.05, 3.63) is 144 Å². The molecule has 0 aliphatic carbocycles. The highest BCUT2D eigenvalue weighted by molar-refractivity contribution is 7.99. The van der Waals surface area contributed by atoms with Crippen molar-refractivity contribution in [3.63, 3.8) is 0 Å². The summed E-state index contributed by atoms with van der Waals surface area (Å²) in [5.41, 5.74) is 2.86. The highest BCUT2D eigenvalue weighted by atomic mass is 32.2. The average molecular weight is 483 g/mol. The highest BCUT2D eigenvalue weighted by Gasteiger charge is 2.22. The first-order valence-electron chi connectivity index (χ1n) is 11.4. The van der Waals surface area contributed by atoms with Crippen LogP contribution < -0.4 is 0 Å². The molecule has 4 nitrogen and oxygen atoms in total. The molecule has 0 amide bonds. The Morgan fingerprint density at radius 3 is 1.17 bits per heavy atom. The van der Waals surface area contributed by atoms with Crippen LogP contribution in [0.4, 0.5) is 0 Å². The normalized spacial score (nSPS) is 12.3. The largest absolute Gasteiger partial charge is 0.453 e. The van der Waals surface area contributed by atoms with E-state index in [1.807, 2.05) is 97.1 Å². The van der Waals surface area contributed by atoms with Crippen molar-refractivity contribution in [3.8, 4) is 0 Å². The lowest BCUT2D eigenvalue weighted by Gasteiger charge is -2.21. The Bertz CT molecular complexity index is 1100. The smallest absolute Gasteiger partial charge is 0.338 e. The summed E-state index contributed by atoms with van der Waals surface area (Å²) < 4.78 is 11.8. The van der Waals surface area contributed by atoms with Gasteiger partial charge in [0.05, 0.1) is 11.1 Å². The molecule has 0 saturated carbocycles. The second kappa shape index (κ2) is 12.6. The molecule has 0 radical (unpaired) electrons. The van der Waals surface area contributed by atoms with Gasteiger partial charge in [-0.05, 0) is 35.4 Å². The monoisotopic (exact) mass is 482 g/mol. The lowest BCUT2D eigenvalue weighted by atomic mass is 10.1. The molecule has 0 bridgehead atoms. The van der Waals surface area contributed by atoms with Crippen molar-refractivity contribution in [2.24, 2.45) is 0 Å². The van der Waals surface area contributed by atoms with Gasteiger partial charge < -0.3 is 9.47 Å². The minimum Gasteiger partial charge on any atom is -0.453 e. The van der Waals surface area contributed by atoms with Crippen molar-refractivity contribution in [2.45, 2.75) is 12.2 Å². The van der Waals surface area contributed by atoms with Crippen LogP contribution in [0.15, 0.2) is 121 Å². The molecule has 0 aliphatic heterocycles. The zero-order valence-corrected chi connectivity index (χ0v) is 20.0. The van der Waals surface area contributed by atoms with Gasteiger partial charge in [-0.25, -0.2) is 9.59 Å². The van der Waals surface area contributed by atoms with Crippen LogP contribution in [0, 0.1) is 0 Å². The summed E-state index contributed by atoms with van der Waals surface area (Å²) in [6.07, 6.45) is -0.870. The van der Waals surface area contributed by atoms with Crippen molar-refractivity contribution in [1.82, 2.24) is 0 Å². The summed E-state index contributed by atoms with van der Waals surface area (Å²) in [6.45, 7) is 0. The molecule has 0 aromatic heterocycles. The van der Waals surface area contributed by atoms with E-state index in [1.54, 1.807) is 36.0 Å². The van der Waals surface area contributed by atoms with E-state index in [4.69, 9.17) is 9.47 Å². The van der Waals surface area contributed by atoms with Crippen LogP contribution in [0.3, 0.4) is 0 Å². The third-order valence-electron chi connectivity index (χ3n) is 5.40. The van der Waals surface area contributed by atoms with E-state index in [-0.39, 0.29) is 11.9 Å². The van der Waals surface area contributed by atoms with Gasteiger partial charge in [0.25, 0.3) is 0 Å². The minimum atomic E-state index is -0.435. The third kappa shape index (κ3) is 7.08. The van der Waals surface area contributed by atoms with E-state index in [9.17, 15) is 9.59 Å². The molecule has 2 unspecified atom stereocenters. The van der Waals surface area contributed by atoms with Gasteiger partial charge >= 0.3 is 11.9 Å². The van der Waals surface area contributed by atoms with Gasteiger partial charge in [0.15, 0.2) is 0 Å². The van der Waals surface area contributed by atoms with E-state index in [0.717, 1.165) is 11.1 Å². The molecule has 4 aromatic carbocycles. The summed E-state index contributed by atoms with van der Waals surface area (Å²) >= 11 is 1.58. The minimum absolute atomic E-state index is 0.366. The van der Waals surface area contributed by atoms with Gasteiger partial charge in [0, 0.05) is 11.5 Å². The molecule has 0 heterocycles. The molecule has 2 atom stereocenters. The van der Waals surface area contributed by atoms with Crippen LogP contribution in [0.1, 0.15) is 44.1 Å². The first-order chi connectivity index (χ1) is 17.2. The van der Waals surface area contributed by atoms with E-state index < -0.39 is 12.2 Å². The fraction of sp³-hybridized carbons (Fsp3) is 0.133. The molecule has 0 fully saturated rings. The number of thioether (sulfide) groups is 1. The van der Waals surface area contributed by atoms with E-state index >= 15 is 0 Å². The summed E-state index contributed by atoms with van der Waals surface area (Å²) in [7, 11) is 0. The quantitative estimate of drug-likeness (QED) is 0.230. The van der Waals surface area contributed by atoms with Gasteiger partial charge in [0.1, 0.15) is 12.2 Å². The summed E-state index contributed by atoms with van der Waals surface area (Å²) in [5.74, 6) is 0.314. The highest BCUT2D eigenvalue weighted by Crippen LogP contribution is 2.29. The average Bonchev–Trinajstić information content (AvgIpc) is 2.93. The molecule has 0 N–H and O–H groups in total. The zero-order valence-electron chi connectivity index (χ0n) is 19.2. The van der Waals surface area contributed by atoms with Gasteiger partial charge in [-0.3, -0.25) is 0 Å². The van der Waals surface area contributed by atoms with Crippen LogP contribution in [0.2, 0.25) is 0 Å². The number of hydrogen-bond acceptors (Lipinski definition) is 5. The van der Waals surface area contributed by atoms with Gasteiger partial charge in [-0.2, -0.15) is 11.8 Å². The van der Waals surface area contributed by atoms with E-state index in [2.05, 4.69) is 0 Å². The second-order valence-electron chi connectivity index (χ2n) is 7.88. The van der Waals surface area contributed by atoms with Gasteiger partial charge in [0.2, 0.25) is 0 Å². The Hall–Kier alpha value is -3.83. The number of carbonyl (C=O) groups excluding carboxylic acids is 2. The molecule has 0 aliphatic rings. The Morgan fingerprint density at radius 1 is 0.514 bits per heavy atom. The first kappa shape index (κ1) is 24.3. The molecule has 176 valence electrons. The van der Waals surface area contributed by atoms with Crippen molar-refractivity contribution in [2.75, 3.05) is 11.5 Å². The SMILES string of the molecule is O=C(OC(CSCC(OC(=O)c1ccccc1)c1ccccc1)c1ccccc1)c1ccccc1. The number of rotatable bonds is 10. The number of hydrogen-bond donors (Lipinski definition) is 0. The molecule has 35 heavy (non-hydrogen) atoms. The molecular weight excluding hydrogens is 456 g/mol. The topological polar surface area (TPSA) is 52.6 Å². The standard InChI is InChI=1S/C30H26O4S/c31-29(25-17-9-3-10-18-25)33-27(23-13-5-1-6-14-23)21-35-22-28(24-15-7-2-8-16-24)34-30(32)26-19-11-4-12-20-26/h1-20,27-28H,21-22H2. The number of ether oxygens (including phenoxy) is 2. The van der Waals surface area contributed by atoms with Gasteiger partial charge in [-0.15, -0.1) is 0 Å². The second-order valence-corrected chi connectivity index (χ2v) is 8.95. The Labute approximate surface area is 209 Å². The van der Waals surface area contributed by atoms with Crippen molar-refractivity contribution >= 4 is 23.7 Å². The number of esters is 2. The van der Waals surface area contributed by atoms with Crippen LogP contribution in [0.5, 0.6) is 0 Å². The maximum atomic E-state index is 12.7. The van der Waals surface area contributed by atoms with Crippen molar-refractivity contribution < 1.29 is 19.1 Å². The zero-order chi connectivity index (χ0) is 24.3. The first-order valence-corrected chi connectivity index (χ1v) is 12.6. The number of benzene rings is 4. The molecule has 4 aromatic rings. The van der Waals surface area contributed by atoms with Gasteiger partial charge in [-0.1, -0.05) is 97.1 Å². The maximum absolute atomic E-state index is 12.7. The van der Waals surface area contributed by atoms with E-state index in [0.29, 0.717) is 22.6 Å². The summed E-state index contributed by atoms with van der Waals surface area (Å²) in [4.78, 5) is 25.5. The fourth-order valence-corrected chi connectivity index (χ4v) is 4.64. The molecular formula is C30H26O4S. The fourth-order valence-electron chi connectivity index (χ4n) is 3.56. The molecule has 0 saturated heterocycles. The Balaban J connectivity index is 1.46. The lowest BCUT2D eigenvalue weighted by Crippen LogP contribution is -2.17. The Kier molecular flexibility index (Phi) is 8.74.